The van der Waals surface area contributed by atoms with E-state index in [1.54, 1.807) is 4.68 Å². The van der Waals surface area contributed by atoms with Crippen LogP contribution in [0.15, 0.2) is 0 Å². The number of carboxylic acids is 1. The quantitative estimate of drug-likeness (QED) is 0.731. The van der Waals surface area contributed by atoms with Crippen LogP contribution < -0.4 is 0 Å². The van der Waals surface area contributed by atoms with E-state index in [9.17, 15) is 4.79 Å². The highest BCUT2D eigenvalue weighted by Crippen LogP contribution is 2.17. The lowest BCUT2D eigenvalue weighted by atomic mass is 10.1. The van der Waals surface area contributed by atoms with Crippen molar-refractivity contribution in [1.29, 1.82) is 0 Å². The van der Waals surface area contributed by atoms with Crippen molar-refractivity contribution >= 4 is 5.97 Å². The van der Waals surface area contributed by atoms with Crippen molar-refractivity contribution in [3.8, 4) is 0 Å². The van der Waals surface area contributed by atoms with E-state index in [1.807, 2.05) is 0 Å². The minimum Gasteiger partial charge on any atom is -0.481 e. The molecule has 2 atom stereocenters. The predicted octanol–water partition coefficient (Wildman–Crippen LogP) is 0.274. The summed E-state index contributed by atoms with van der Waals surface area (Å²) in [4.78, 5) is 10.7. The molecule has 1 N–H and O–H groups in total. The van der Waals surface area contributed by atoms with Gasteiger partial charge >= 0.3 is 5.97 Å². The summed E-state index contributed by atoms with van der Waals surface area (Å²) in [5.41, 5.74) is 0. The van der Waals surface area contributed by atoms with Gasteiger partial charge in [0, 0.05) is 20.1 Å². The minimum atomic E-state index is -0.897. The molecule has 0 amide bonds. The Kier molecular flexibility index (Phi) is 5.42. The molecule has 0 spiro atoms. The van der Waals surface area contributed by atoms with Crippen molar-refractivity contribution in [2.75, 3.05) is 13.7 Å². The van der Waals surface area contributed by atoms with Crippen molar-refractivity contribution in [3.05, 3.63) is 5.82 Å². The van der Waals surface area contributed by atoms with E-state index in [0.29, 0.717) is 6.54 Å². The molecule has 0 aliphatic carbocycles. The number of tetrazole rings is 1. The lowest BCUT2D eigenvalue weighted by molar-refractivity contribution is -0.140. The second-order valence-corrected chi connectivity index (χ2v) is 4.91. The van der Waals surface area contributed by atoms with E-state index in [2.05, 4.69) is 15.5 Å². The Balaban J connectivity index is 1.88. The molecule has 0 saturated carbocycles. The number of methoxy groups -OCH3 is 1. The molecule has 2 heterocycles. The number of nitrogens with zero attached hydrogens (tertiary/aromatic N) is 4. The van der Waals surface area contributed by atoms with Crippen LogP contribution in [0.1, 0.15) is 31.5 Å². The van der Waals surface area contributed by atoms with Crippen molar-refractivity contribution < 1.29 is 19.4 Å². The topological polar surface area (TPSA) is 99.4 Å². The number of rotatable bonds is 8. The Morgan fingerprint density at radius 3 is 3.15 bits per heavy atom. The number of ether oxygens (including phenoxy) is 2. The zero-order valence-corrected chi connectivity index (χ0v) is 11.6. The van der Waals surface area contributed by atoms with Gasteiger partial charge in [-0.2, -0.15) is 0 Å². The van der Waals surface area contributed by atoms with Crippen molar-refractivity contribution in [1.82, 2.24) is 20.2 Å². The van der Waals surface area contributed by atoms with E-state index in [4.69, 9.17) is 14.6 Å². The van der Waals surface area contributed by atoms with Crippen molar-refractivity contribution in [3.63, 3.8) is 0 Å². The second-order valence-electron chi connectivity index (χ2n) is 4.91. The first-order valence-corrected chi connectivity index (χ1v) is 6.80. The fraction of sp³-hybridized carbons (Fsp3) is 0.833. The molecule has 1 aliphatic heterocycles. The van der Waals surface area contributed by atoms with Crippen LogP contribution in [0.5, 0.6) is 0 Å². The smallest absolute Gasteiger partial charge is 0.306 e. The number of carboxylic acid groups (broad SMARTS) is 1. The molecule has 2 unspecified atom stereocenters. The molecule has 0 bridgehead atoms. The Morgan fingerprint density at radius 2 is 2.50 bits per heavy atom. The third kappa shape index (κ3) is 4.24. The maximum atomic E-state index is 10.7. The molecule has 0 radical (unpaired) electrons. The van der Waals surface area contributed by atoms with Gasteiger partial charge in [0.1, 0.15) is 0 Å². The summed E-state index contributed by atoms with van der Waals surface area (Å²) in [6.45, 7) is 1.18. The molecule has 1 aromatic heterocycles. The molecule has 8 nitrogen and oxygen atoms in total. The number of aliphatic carboxylic acids is 1. The summed E-state index contributed by atoms with van der Waals surface area (Å²) >= 11 is 0. The van der Waals surface area contributed by atoms with Gasteiger partial charge in [0.2, 0.25) is 0 Å². The number of carbonyl (C=O) groups is 1. The maximum Gasteiger partial charge on any atom is 0.306 e. The zero-order valence-electron chi connectivity index (χ0n) is 11.6. The molecule has 112 valence electrons. The summed E-state index contributed by atoms with van der Waals surface area (Å²) < 4.78 is 12.3. The first-order chi connectivity index (χ1) is 9.69. The van der Waals surface area contributed by atoms with Crippen molar-refractivity contribution in [2.45, 2.75) is 50.9 Å². The zero-order chi connectivity index (χ0) is 14.4. The number of aryl methyl sites for hydroxylation is 1. The Hall–Kier alpha value is -1.54. The molecule has 1 aliphatic rings. The van der Waals surface area contributed by atoms with Gasteiger partial charge in [0.25, 0.3) is 0 Å². The molecule has 20 heavy (non-hydrogen) atoms. The molecule has 1 saturated heterocycles. The van der Waals surface area contributed by atoms with Crippen LogP contribution in [-0.4, -0.2) is 57.2 Å². The molecule has 1 fully saturated rings. The van der Waals surface area contributed by atoms with E-state index >= 15 is 0 Å². The van der Waals surface area contributed by atoms with Crippen molar-refractivity contribution in [2.24, 2.45) is 0 Å². The SMILES string of the molecule is COC(CC(=O)O)Cn1nnnc1CCC1CCCO1. The van der Waals surface area contributed by atoms with E-state index in [-0.39, 0.29) is 12.5 Å². The first kappa shape index (κ1) is 14.9. The van der Waals surface area contributed by atoms with Crippen LogP contribution in [0.25, 0.3) is 0 Å². The lowest BCUT2D eigenvalue weighted by Crippen LogP contribution is -2.24. The molecule has 8 heteroatoms. The van der Waals surface area contributed by atoms with Gasteiger partial charge < -0.3 is 14.6 Å². The second kappa shape index (κ2) is 7.30. The highest BCUT2D eigenvalue weighted by Gasteiger charge is 2.19. The molecule has 1 aromatic rings. The molecule has 2 rings (SSSR count). The summed E-state index contributed by atoms with van der Waals surface area (Å²) in [7, 11) is 1.49. The third-order valence-electron chi connectivity index (χ3n) is 3.43. The van der Waals surface area contributed by atoms with E-state index in [1.165, 1.54) is 7.11 Å². The predicted molar refractivity (Wildman–Crippen MR) is 68.2 cm³/mol. The number of aromatic nitrogens is 4. The van der Waals surface area contributed by atoms with Gasteiger partial charge in [-0.05, 0) is 29.7 Å². The van der Waals surface area contributed by atoms with Crippen LogP contribution in [-0.2, 0) is 27.2 Å². The van der Waals surface area contributed by atoms with Gasteiger partial charge in [-0.15, -0.1) is 5.10 Å². The van der Waals surface area contributed by atoms with E-state index < -0.39 is 12.1 Å². The van der Waals surface area contributed by atoms with Gasteiger partial charge in [0.05, 0.1) is 25.2 Å². The monoisotopic (exact) mass is 284 g/mol. The average Bonchev–Trinajstić information content (AvgIpc) is 3.06. The lowest BCUT2D eigenvalue weighted by Gasteiger charge is -2.14. The standard InChI is InChI=1S/C12H20N4O4/c1-19-10(7-12(17)18)8-16-11(13-14-15-16)5-4-9-3-2-6-20-9/h9-10H,2-8H2,1H3,(H,17,18). The third-order valence-corrected chi connectivity index (χ3v) is 3.43. The first-order valence-electron chi connectivity index (χ1n) is 6.80. The minimum absolute atomic E-state index is 0.0679. The van der Waals surface area contributed by atoms with Crippen LogP contribution in [0.3, 0.4) is 0 Å². The highest BCUT2D eigenvalue weighted by atomic mass is 16.5. The Bertz CT molecular complexity index is 431. The van der Waals surface area contributed by atoms with Crippen LogP contribution in [0, 0.1) is 0 Å². The van der Waals surface area contributed by atoms with Gasteiger partial charge in [-0.25, -0.2) is 4.68 Å². The maximum absolute atomic E-state index is 10.7. The summed E-state index contributed by atoms with van der Waals surface area (Å²) in [6.07, 6.45) is 3.59. The van der Waals surface area contributed by atoms with Crippen LogP contribution in [0.4, 0.5) is 0 Å². The van der Waals surface area contributed by atoms with Gasteiger partial charge in [-0.1, -0.05) is 0 Å². The van der Waals surface area contributed by atoms with E-state index in [0.717, 1.165) is 38.1 Å². The van der Waals surface area contributed by atoms with Crippen LogP contribution >= 0.6 is 0 Å². The average molecular weight is 284 g/mol. The fourth-order valence-electron chi connectivity index (χ4n) is 2.32. The summed E-state index contributed by atoms with van der Waals surface area (Å²) in [6, 6.07) is 0. The van der Waals surface area contributed by atoms with Gasteiger partial charge in [0.15, 0.2) is 5.82 Å². The summed E-state index contributed by atoms with van der Waals surface area (Å²) in [5, 5.41) is 20.3. The number of hydrogen-bond donors (Lipinski definition) is 1. The molecular formula is C12H20N4O4. The highest BCUT2D eigenvalue weighted by molar-refractivity contribution is 5.67. The molecular weight excluding hydrogens is 264 g/mol. The fourth-order valence-corrected chi connectivity index (χ4v) is 2.32. The summed E-state index contributed by atoms with van der Waals surface area (Å²) in [5.74, 6) is -0.154. The van der Waals surface area contributed by atoms with Gasteiger partial charge in [-0.3, -0.25) is 4.79 Å². The number of hydrogen-bond acceptors (Lipinski definition) is 6. The van der Waals surface area contributed by atoms with Crippen LogP contribution in [0.2, 0.25) is 0 Å². The largest absolute Gasteiger partial charge is 0.481 e. The molecule has 0 aromatic carbocycles. The Morgan fingerprint density at radius 1 is 1.65 bits per heavy atom. The Labute approximate surface area is 117 Å². The normalized spacial score (nSPS) is 20.1.